The molecule has 0 amide bonds. The van der Waals surface area contributed by atoms with Gasteiger partial charge in [-0.15, -0.1) is 0 Å². The van der Waals surface area contributed by atoms with Gasteiger partial charge in [0.15, 0.2) is 0 Å². The molecule has 0 bridgehead atoms. The lowest BCUT2D eigenvalue weighted by Gasteiger charge is -2.09. The number of rotatable bonds is 5. The van der Waals surface area contributed by atoms with Crippen LogP contribution in [0.2, 0.25) is 0 Å². The molecule has 0 aromatic heterocycles. The van der Waals surface area contributed by atoms with Gasteiger partial charge in [0, 0.05) is 6.08 Å². The topological polar surface area (TPSA) is 74.6 Å². The quantitative estimate of drug-likeness (QED) is 0.786. The standard InChI is InChI=1S/C14H16O4/c1-3-9(2)10-4-6-11(7-5-10)12(14(17)18)8-13(15)16/h4-9H,3H2,1-2H3,(H,15,16)(H,17,18)/b12-8-. The van der Waals surface area contributed by atoms with Crippen LogP contribution in [-0.4, -0.2) is 22.2 Å². The molecular formula is C14H16O4. The van der Waals surface area contributed by atoms with Crippen molar-refractivity contribution in [1.29, 1.82) is 0 Å². The second-order valence-corrected chi connectivity index (χ2v) is 4.13. The Bertz CT molecular complexity index is 471. The van der Waals surface area contributed by atoms with Crippen LogP contribution in [0, 0.1) is 0 Å². The predicted molar refractivity (Wildman–Crippen MR) is 68.4 cm³/mol. The summed E-state index contributed by atoms with van der Waals surface area (Å²) in [5, 5.41) is 17.6. The van der Waals surface area contributed by atoms with Crippen LogP contribution in [0.3, 0.4) is 0 Å². The van der Waals surface area contributed by atoms with E-state index in [2.05, 4.69) is 13.8 Å². The molecule has 1 unspecified atom stereocenters. The van der Waals surface area contributed by atoms with Crippen LogP contribution in [0.1, 0.15) is 37.3 Å². The van der Waals surface area contributed by atoms with E-state index < -0.39 is 11.9 Å². The van der Waals surface area contributed by atoms with E-state index in [0.717, 1.165) is 12.0 Å². The van der Waals surface area contributed by atoms with Crippen molar-refractivity contribution in [3.8, 4) is 0 Å². The van der Waals surface area contributed by atoms with Gasteiger partial charge in [-0.05, 0) is 23.5 Å². The molecule has 1 atom stereocenters. The summed E-state index contributed by atoms with van der Waals surface area (Å²) < 4.78 is 0. The number of carboxylic acid groups (broad SMARTS) is 2. The molecule has 0 spiro atoms. The highest BCUT2D eigenvalue weighted by atomic mass is 16.4. The summed E-state index contributed by atoms with van der Waals surface area (Å²) in [5.74, 6) is -2.11. The zero-order chi connectivity index (χ0) is 13.7. The van der Waals surface area contributed by atoms with E-state index in [0.29, 0.717) is 17.6 Å². The molecule has 0 saturated heterocycles. The average Bonchev–Trinajstić information content (AvgIpc) is 2.34. The molecule has 0 fully saturated rings. The second kappa shape index (κ2) is 6.00. The second-order valence-electron chi connectivity index (χ2n) is 4.13. The number of aliphatic carboxylic acids is 2. The summed E-state index contributed by atoms with van der Waals surface area (Å²) in [7, 11) is 0. The summed E-state index contributed by atoms with van der Waals surface area (Å²) in [4.78, 5) is 21.5. The van der Waals surface area contributed by atoms with E-state index in [1.54, 1.807) is 12.1 Å². The average molecular weight is 248 g/mol. The molecule has 1 rings (SSSR count). The molecule has 0 radical (unpaired) electrons. The van der Waals surface area contributed by atoms with Crippen LogP contribution in [0.4, 0.5) is 0 Å². The van der Waals surface area contributed by atoms with E-state index >= 15 is 0 Å². The Kier molecular flexibility index (Phi) is 4.66. The van der Waals surface area contributed by atoms with Crippen LogP contribution < -0.4 is 0 Å². The minimum atomic E-state index is -1.27. The number of hydrogen-bond acceptors (Lipinski definition) is 2. The van der Waals surface area contributed by atoms with Crippen LogP contribution in [0.25, 0.3) is 5.57 Å². The molecule has 4 heteroatoms. The monoisotopic (exact) mass is 248 g/mol. The van der Waals surface area contributed by atoms with Gasteiger partial charge in [0.2, 0.25) is 0 Å². The fourth-order valence-corrected chi connectivity index (χ4v) is 1.62. The van der Waals surface area contributed by atoms with Gasteiger partial charge in [0.1, 0.15) is 0 Å². The van der Waals surface area contributed by atoms with Crippen molar-refractivity contribution in [1.82, 2.24) is 0 Å². The fourth-order valence-electron chi connectivity index (χ4n) is 1.62. The Morgan fingerprint density at radius 2 is 1.78 bits per heavy atom. The van der Waals surface area contributed by atoms with Gasteiger partial charge in [0.05, 0.1) is 5.57 Å². The molecule has 0 saturated carbocycles. The van der Waals surface area contributed by atoms with Gasteiger partial charge in [-0.3, -0.25) is 0 Å². The Morgan fingerprint density at radius 3 is 2.17 bits per heavy atom. The molecule has 1 aromatic rings. The lowest BCUT2D eigenvalue weighted by atomic mass is 9.96. The molecule has 0 aliphatic carbocycles. The SMILES string of the molecule is CCC(C)c1ccc(/C(=C/C(=O)O)C(=O)O)cc1. The highest BCUT2D eigenvalue weighted by Crippen LogP contribution is 2.22. The first kappa shape index (κ1) is 14.0. The zero-order valence-corrected chi connectivity index (χ0v) is 10.4. The van der Waals surface area contributed by atoms with E-state index in [1.807, 2.05) is 12.1 Å². The largest absolute Gasteiger partial charge is 0.478 e. The van der Waals surface area contributed by atoms with E-state index in [4.69, 9.17) is 10.2 Å². The first-order valence-corrected chi connectivity index (χ1v) is 5.74. The first-order valence-electron chi connectivity index (χ1n) is 5.74. The zero-order valence-electron chi connectivity index (χ0n) is 10.4. The van der Waals surface area contributed by atoms with Crippen molar-refractivity contribution in [3.05, 3.63) is 41.5 Å². The summed E-state index contributed by atoms with van der Waals surface area (Å²) in [6.07, 6.45) is 1.71. The minimum Gasteiger partial charge on any atom is -0.478 e. The molecule has 0 aliphatic rings. The van der Waals surface area contributed by atoms with Crippen molar-refractivity contribution in [2.24, 2.45) is 0 Å². The summed E-state index contributed by atoms with van der Waals surface area (Å²) >= 11 is 0. The summed E-state index contributed by atoms with van der Waals surface area (Å²) in [6.45, 7) is 4.16. The lowest BCUT2D eigenvalue weighted by Crippen LogP contribution is -2.03. The smallest absolute Gasteiger partial charge is 0.336 e. The van der Waals surface area contributed by atoms with Crippen LogP contribution >= 0.6 is 0 Å². The summed E-state index contributed by atoms with van der Waals surface area (Å²) in [6, 6.07) is 6.96. The van der Waals surface area contributed by atoms with Crippen LogP contribution in [-0.2, 0) is 9.59 Å². The molecular weight excluding hydrogens is 232 g/mol. The maximum absolute atomic E-state index is 11.0. The van der Waals surface area contributed by atoms with Gasteiger partial charge in [-0.1, -0.05) is 38.1 Å². The van der Waals surface area contributed by atoms with Crippen molar-refractivity contribution in [3.63, 3.8) is 0 Å². The molecule has 2 N–H and O–H groups in total. The van der Waals surface area contributed by atoms with Crippen molar-refractivity contribution < 1.29 is 19.8 Å². The molecule has 1 aromatic carbocycles. The number of hydrogen-bond donors (Lipinski definition) is 2. The highest BCUT2D eigenvalue weighted by molar-refractivity contribution is 6.19. The van der Waals surface area contributed by atoms with Gasteiger partial charge in [0.25, 0.3) is 0 Å². The number of carbonyl (C=O) groups is 2. The minimum absolute atomic E-state index is 0.210. The predicted octanol–water partition coefficient (Wildman–Crippen LogP) is 2.75. The van der Waals surface area contributed by atoms with Crippen LogP contribution in [0.5, 0.6) is 0 Å². The molecule has 0 heterocycles. The molecule has 0 aliphatic heterocycles. The van der Waals surface area contributed by atoms with Crippen molar-refractivity contribution in [2.75, 3.05) is 0 Å². The Hall–Kier alpha value is -2.10. The lowest BCUT2D eigenvalue weighted by molar-refractivity contribution is -0.133. The van der Waals surface area contributed by atoms with Gasteiger partial charge >= 0.3 is 11.9 Å². The fraction of sp³-hybridized carbons (Fsp3) is 0.286. The van der Waals surface area contributed by atoms with E-state index in [-0.39, 0.29) is 5.57 Å². The third-order valence-electron chi connectivity index (χ3n) is 2.90. The van der Waals surface area contributed by atoms with Gasteiger partial charge in [-0.25, -0.2) is 9.59 Å². The maximum Gasteiger partial charge on any atom is 0.336 e. The first-order chi connectivity index (χ1) is 8.45. The maximum atomic E-state index is 11.0. The third kappa shape index (κ3) is 3.45. The van der Waals surface area contributed by atoms with Crippen molar-refractivity contribution >= 4 is 17.5 Å². The molecule has 4 nitrogen and oxygen atoms in total. The Labute approximate surface area is 106 Å². The van der Waals surface area contributed by atoms with Gasteiger partial charge in [-0.2, -0.15) is 0 Å². The number of carboxylic acids is 2. The molecule has 96 valence electrons. The Balaban J connectivity index is 3.09. The molecule has 18 heavy (non-hydrogen) atoms. The number of benzene rings is 1. The van der Waals surface area contributed by atoms with E-state index in [1.165, 1.54) is 0 Å². The van der Waals surface area contributed by atoms with Crippen molar-refractivity contribution in [2.45, 2.75) is 26.2 Å². The Morgan fingerprint density at radius 1 is 1.22 bits per heavy atom. The normalized spacial score (nSPS) is 13.1. The third-order valence-corrected chi connectivity index (χ3v) is 2.90. The van der Waals surface area contributed by atoms with E-state index in [9.17, 15) is 9.59 Å². The van der Waals surface area contributed by atoms with Crippen LogP contribution in [0.15, 0.2) is 30.3 Å². The highest BCUT2D eigenvalue weighted by Gasteiger charge is 2.12. The van der Waals surface area contributed by atoms with Gasteiger partial charge < -0.3 is 10.2 Å². The summed E-state index contributed by atoms with van der Waals surface area (Å²) in [5.41, 5.74) is 1.30.